The van der Waals surface area contributed by atoms with E-state index in [1.54, 1.807) is 11.0 Å². The Morgan fingerprint density at radius 1 is 1.18 bits per heavy atom. The molecule has 0 saturated carbocycles. The molecule has 3 aliphatic heterocycles. The number of piperidine rings is 1. The van der Waals surface area contributed by atoms with Crippen LogP contribution in [0.4, 0.5) is 0 Å². The number of benzene rings is 1. The van der Waals surface area contributed by atoms with Crippen molar-refractivity contribution >= 4 is 17.7 Å². The molecule has 0 aromatic heterocycles. The fraction of sp³-hybridized carbons (Fsp3) is 0.654. The third-order valence-corrected chi connectivity index (χ3v) is 7.05. The molecule has 0 radical (unpaired) electrons. The molecule has 0 aliphatic carbocycles. The lowest BCUT2D eigenvalue weighted by Crippen LogP contribution is -2.60. The minimum atomic E-state index is -0.901. The maximum atomic E-state index is 13.8. The monoisotopic (exact) mass is 471 g/mol. The zero-order chi connectivity index (χ0) is 24.5. The number of amides is 3. The number of carbonyl (C=O) groups excluding carboxylic acids is 3. The van der Waals surface area contributed by atoms with Gasteiger partial charge in [0.15, 0.2) is 0 Å². The van der Waals surface area contributed by atoms with E-state index in [0.717, 1.165) is 25.0 Å². The second-order valence-electron chi connectivity index (χ2n) is 10.7. The predicted molar refractivity (Wildman–Crippen MR) is 127 cm³/mol. The Morgan fingerprint density at radius 2 is 1.91 bits per heavy atom. The van der Waals surface area contributed by atoms with Gasteiger partial charge in [0.25, 0.3) is 5.91 Å². The van der Waals surface area contributed by atoms with Gasteiger partial charge in [-0.15, -0.1) is 0 Å². The molecule has 186 valence electrons. The smallest absolute Gasteiger partial charge is 0.256 e. The third kappa shape index (κ3) is 4.98. The number of carbonyl (C=O) groups is 3. The predicted octanol–water partition coefficient (Wildman–Crippen LogP) is 2.50. The molecule has 3 fully saturated rings. The van der Waals surface area contributed by atoms with Gasteiger partial charge in [-0.2, -0.15) is 0 Å². The van der Waals surface area contributed by atoms with Gasteiger partial charge < -0.3 is 19.7 Å². The molecule has 0 bridgehead atoms. The molecular weight excluding hydrogens is 434 g/mol. The van der Waals surface area contributed by atoms with Gasteiger partial charge in [-0.3, -0.25) is 19.3 Å². The van der Waals surface area contributed by atoms with Crippen LogP contribution in [0.1, 0.15) is 62.4 Å². The molecular formula is C26H37N3O5. The molecule has 1 aromatic carbocycles. The summed E-state index contributed by atoms with van der Waals surface area (Å²) in [5.74, 6) is -0.349. The molecule has 8 nitrogen and oxygen atoms in total. The second kappa shape index (κ2) is 9.66. The Hall–Kier alpha value is -2.45. The van der Waals surface area contributed by atoms with E-state index in [0.29, 0.717) is 38.0 Å². The van der Waals surface area contributed by atoms with E-state index >= 15 is 0 Å². The minimum absolute atomic E-state index is 0.0211. The van der Waals surface area contributed by atoms with Crippen LogP contribution in [-0.4, -0.2) is 78.2 Å². The van der Waals surface area contributed by atoms with E-state index < -0.39 is 17.2 Å². The molecule has 3 amide bonds. The maximum Gasteiger partial charge on any atom is 0.256 e. The molecule has 0 unspecified atom stereocenters. The average molecular weight is 472 g/mol. The molecule has 34 heavy (non-hydrogen) atoms. The van der Waals surface area contributed by atoms with Crippen molar-refractivity contribution in [3.63, 3.8) is 0 Å². The number of hydrogen-bond donors (Lipinski definition) is 1. The van der Waals surface area contributed by atoms with Crippen molar-refractivity contribution in [3.05, 3.63) is 35.4 Å². The van der Waals surface area contributed by atoms with Gasteiger partial charge >= 0.3 is 0 Å². The number of hydrogen-bond acceptors (Lipinski definition) is 5. The largest absolute Gasteiger partial charge is 0.376 e. The van der Waals surface area contributed by atoms with E-state index in [-0.39, 0.29) is 30.4 Å². The highest BCUT2D eigenvalue weighted by atomic mass is 16.5. The summed E-state index contributed by atoms with van der Waals surface area (Å²) in [5.41, 5.74) is 0.143. The van der Waals surface area contributed by atoms with Crippen LogP contribution in [0.5, 0.6) is 0 Å². The van der Waals surface area contributed by atoms with Crippen LogP contribution in [0.2, 0.25) is 0 Å². The van der Waals surface area contributed by atoms with Crippen molar-refractivity contribution in [2.45, 2.75) is 71.2 Å². The Labute approximate surface area is 201 Å². The molecule has 3 aliphatic rings. The topological polar surface area (TPSA) is 88.2 Å². The Bertz CT molecular complexity index is 927. The summed E-state index contributed by atoms with van der Waals surface area (Å²) >= 11 is 0. The summed E-state index contributed by atoms with van der Waals surface area (Å²) in [6.45, 7) is 9.93. The highest BCUT2D eigenvalue weighted by Gasteiger charge is 2.54. The van der Waals surface area contributed by atoms with Crippen LogP contribution >= 0.6 is 0 Å². The standard InChI is InChI=1S/C26H37N3O5/c1-18-7-5-8-19(15-18)23(31)29-21(22(30)27-16-20-9-6-14-33-20)17-34-26(29)10-12-28(13-11-26)24(32)25(2,3)4/h5,7-8,15,20-21H,6,9-14,16-17H2,1-4H3,(H,27,30)/t20-,21+/m0/s1. The first-order valence-corrected chi connectivity index (χ1v) is 12.3. The maximum absolute atomic E-state index is 13.8. The van der Waals surface area contributed by atoms with Crippen LogP contribution < -0.4 is 5.32 Å². The first-order valence-electron chi connectivity index (χ1n) is 12.3. The van der Waals surface area contributed by atoms with Crippen molar-refractivity contribution in [1.82, 2.24) is 15.1 Å². The molecule has 1 aromatic rings. The summed E-state index contributed by atoms with van der Waals surface area (Å²) in [7, 11) is 0. The van der Waals surface area contributed by atoms with Crippen molar-refractivity contribution in [2.24, 2.45) is 5.41 Å². The highest BCUT2D eigenvalue weighted by Crippen LogP contribution is 2.39. The number of rotatable bonds is 4. The van der Waals surface area contributed by atoms with Gasteiger partial charge in [-0.25, -0.2) is 0 Å². The fourth-order valence-corrected chi connectivity index (χ4v) is 5.16. The van der Waals surface area contributed by atoms with Crippen LogP contribution in [-0.2, 0) is 19.1 Å². The summed E-state index contributed by atoms with van der Waals surface area (Å²) in [6, 6.07) is 6.69. The number of aryl methyl sites for hydroxylation is 1. The second-order valence-corrected chi connectivity index (χ2v) is 10.7. The minimum Gasteiger partial charge on any atom is -0.376 e. The van der Waals surface area contributed by atoms with Gasteiger partial charge in [0.1, 0.15) is 11.8 Å². The lowest BCUT2D eigenvalue weighted by molar-refractivity contribution is -0.150. The molecule has 2 atom stereocenters. The Kier molecular flexibility index (Phi) is 7.01. The van der Waals surface area contributed by atoms with Gasteiger partial charge in [0.05, 0.1) is 12.7 Å². The number of likely N-dealkylation sites (tertiary alicyclic amines) is 1. The van der Waals surface area contributed by atoms with Crippen molar-refractivity contribution in [2.75, 3.05) is 32.8 Å². The summed E-state index contributed by atoms with van der Waals surface area (Å²) in [5, 5.41) is 2.98. The lowest BCUT2D eigenvalue weighted by Gasteiger charge is -2.45. The van der Waals surface area contributed by atoms with Gasteiger partial charge in [-0.05, 0) is 31.9 Å². The van der Waals surface area contributed by atoms with Crippen LogP contribution in [0, 0.1) is 12.3 Å². The first kappa shape index (κ1) is 24.7. The van der Waals surface area contributed by atoms with Crippen LogP contribution in [0.3, 0.4) is 0 Å². The van der Waals surface area contributed by atoms with Crippen molar-refractivity contribution in [3.8, 4) is 0 Å². The lowest BCUT2D eigenvalue weighted by atomic mass is 9.91. The molecule has 1 spiro atoms. The zero-order valence-corrected chi connectivity index (χ0v) is 20.8. The SMILES string of the molecule is Cc1cccc(C(=O)N2[C@@H](C(=O)NC[C@@H]3CCCO3)COC23CCN(C(=O)C(C)(C)C)CC3)c1. The van der Waals surface area contributed by atoms with Crippen LogP contribution in [0.25, 0.3) is 0 Å². The number of ether oxygens (including phenoxy) is 2. The average Bonchev–Trinajstić information content (AvgIpc) is 3.45. The van der Waals surface area contributed by atoms with E-state index in [9.17, 15) is 14.4 Å². The van der Waals surface area contributed by atoms with E-state index in [4.69, 9.17) is 9.47 Å². The van der Waals surface area contributed by atoms with Crippen LogP contribution in [0.15, 0.2) is 24.3 Å². The normalized spacial score (nSPS) is 24.5. The highest BCUT2D eigenvalue weighted by molar-refractivity contribution is 5.98. The summed E-state index contributed by atoms with van der Waals surface area (Å²) < 4.78 is 11.9. The quantitative estimate of drug-likeness (QED) is 0.729. The van der Waals surface area contributed by atoms with E-state index in [2.05, 4.69) is 5.32 Å². The number of nitrogens with one attached hydrogen (secondary N) is 1. The fourth-order valence-electron chi connectivity index (χ4n) is 5.16. The molecule has 3 saturated heterocycles. The molecule has 1 N–H and O–H groups in total. The summed E-state index contributed by atoms with van der Waals surface area (Å²) in [6.07, 6.45) is 2.89. The molecule has 4 rings (SSSR count). The molecule has 3 heterocycles. The van der Waals surface area contributed by atoms with Crippen molar-refractivity contribution in [1.29, 1.82) is 0 Å². The van der Waals surface area contributed by atoms with Gasteiger partial charge in [0.2, 0.25) is 11.8 Å². The Morgan fingerprint density at radius 3 is 2.53 bits per heavy atom. The van der Waals surface area contributed by atoms with E-state index in [1.165, 1.54) is 0 Å². The Balaban J connectivity index is 1.55. The van der Waals surface area contributed by atoms with Crippen molar-refractivity contribution < 1.29 is 23.9 Å². The third-order valence-electron chi connectivity index (χ3n) is 7.05. The first-order chi connectivity index (χ1) is 16.1. The van der Waals surface area contributed by atoms with Gasteiger partial charge in [0, 0.05) is 50.1 Å². The molecule has 8 heteroatoms. The van der Waals surface area contributed by atoms with E-state index in [1.807, 2.05) is 50.8 Å². The van der Waals surface area contributed by atoms with Gasteiger partial charge in [-0.1, -0.05) is 38.5 Å². The zero-order valence-electron chi connectivity index (χ0n) is 20.8. The summed E-state index contributed by atoms with van der Waals surface area (Å²) in [4.78, 5) is 43.3. The number of nitrogens with zero attached hydrogens (tertiary/aromatic N) is 2.